The molecule has 0 fully saturated rings. The highest BCUT2D eigenvalue weighted by atomic mass is 16.4. The number of rotatable bonds is 4. The van der Waals surface area contributed by atoms with Gasteiger partial charge in [0, 0.05) is 16.3 Å². The first kappa shape index (κ1) is 19.4. The van der Waals surface area contributed by atoms with Crippen molar-refractivity contribution in [2.45, 2.75) is 27.2 Å². The zero-order valence-corrected chi connectivity index (χ0v) is 16.8. The Kier molecular flexibility index (Phi) is 4.66. The van der Waals surface area contributed by atoms with Gasteiger partial charge in [0.25, 0.3) is 5.91 Å². The van der Waals surface area contributed by atoms with Gasteiger partial charge in [-0.1, -0.05) is 12.1 Å². The summed E-state index contributed by atoms with van der Waals surface area (Å²) in [6.07, 6.45) is 1.47. The molecule has 4 aromatic rings. The molecule has 3 N–H and O–H groups in total. The molecule has 2 aromatic heterocycles. The molecule has 0 saturated carbocycles. The smallest absolute Gasteiger partial charge is 0.340 e. The lowest BCUT2D eigenvalue weighted by Gasteiger charge is -2.11. The second kappa shape index (κ2) is 7.18. The molecule has 0 unspecified atom stereocenters. The summed E-state index contributed by atoms with van der Waals surface area (Å²) < 4.78 is 11.2. The van der Waals surface area contributed by atoms with Crippen LogP contribution in [0.2, 0.25) is 0 Å². The van der Waals surface area contributed by atoms with E-state index in [2.05, 4.69) is 5.32 Å². The van der Waals surface area contributed by atoms with Crippen LogP contribution in [-0.2, 0) is 11.2 Å². The summed E-state index contributed by atoms with van der Waals surface area (Å²) in [5.74, 6) is -1.10. The van der Waals surface area contributed by atoms with Crippen molar-refractivity contribution >= 4 is 39.4 Å². The number of aryl methyl sites for hydroxylation is 3. The average molecular weight is 404 g/mol. The number of anilines is 1. The van der Waals surface area contributed by atoms with Gasteiger partial charge in [-0.15, -0.1) is 0 Å². The molecule has 7 nitrogen and oxygen atoms in total. The van der Waals surface area contributed by atoms with Crippen molar-refractivity contribution < 1.29 is 18.4 Å². The van der Waals surface area contributed by atoms with E-state index in [1.807, 2.05) is 19.9 Å². The highest BCUT2D eigenvalue weighted by molar-refractivity contribution is 6.04. The molecule has 2 aromatic carbocycles. The molecule has 0 aliphatic rings. The van der Waals surface area contributed by atoms with E-state index in [0.717, 1.165) is 21.9 Å². The van der Waals surface area contributed by atoms with Crippen molar-refractivity contribution in [3.63, 3.8) is 0 Å². The third-order valence-electron chi connectivity index (χ3n) is 5.34. The number of para-hydroxylation sites is 1. The molecule has 2 amide bonds. The first-order valence-electron chi connectivity index (χ1n) is 9.40. The van der Waals surface area contributed by atoms with E-state index in [1.54, 1.807) is 31.4 Å². The van der Waals surface area contributed by atoms with Gasteiger partial charge >= 0.3 is 5.63 Å². The van der Waals surface area contributed by atoms with Crippen LogP contribution >= 0.6 is 0 Å². The molecule has 0 radical (unpaired) electrons. The number of hydrogen-bond donors (Lipinski definition) is 2. The molecule has 30 heavy (non-hydrogen) atoms. The fourth-order valence-corrected chi connectivity index (χ4v) is 3.68. The van der Waals surface area contributed by atoms with Crippen molar-refractivity contribution in [1.82, 2.24) is 0 Å². The number of hydrogen-bond acceptors (Lipinski definition) is 5. The second-order valence-electron chi connectivity index (χ2n) is 7.30. The molecular formula is C23H20N2O5. The quantitative estimate of drug-likeness (QED) is 0.503. The Labute approximate surface area is 171 Å². The first-order valence-corrected chi connectivity index (χ1v) is 9.40. The molecular weight excluding hydrogens is 384 g/mol. The summed E-state index contributed by atoms with van der Waals surface area (Å²) in [5.41, 5.74) is 9.03. The maximum atomic E-state index is 12.7. The number of nitrogens with one attached hydrogen (secondary N) is 1. The van der Waals surface area contributed by atoms with Gasteiger partial charge in [0.15, 0.2) is 0 Å². The van der Waals surface area contributed by atoms with Gasteiger partial charge in [-0.25, -0.2) is 4.79 Å². The van der Waals surface area contributed by atoms with Crippen molar-refractivity contribution in [3.05, 3.63) is 74.8 Å². The molecule has 4 rings (SSSR count). The van der Waals surface area contributed by atoms with Gasteiger partial charge in [-0.3, -0.25) is 9.59 Å². The number of amides is 2. The van der Waals surface area contributed by atoms with Gasteiger partial charge in [0.2, 0.25) is 5.91 Å². The molecule has 0 bridgehead atoms. The van der Waals surface area contributed by atoms with Gasteiger partial charge in [-0.05, 0) is 50.1 Å². The Morgan fingerprint density at radius 1 is 1.03 bits per heavy atom. The first-order chi connectivity index (χ1) is 14.3. The van der Waals surface area contributed by atoms with Gasteiger partial charge in [0.1, 0.15) is 11.2 Å². The summed E-state index contributed by atoms with van der Waals surface area (Å²) in [6.45, 7) is 5.57. The van der Waals surface area contributed by atoms with E-state index in [0.29, 0.717) is 22.4 Å². The molecule has 2 heterocycles. The minimum Gasteiger partial charge on any atom is -0.464 e. The lowest BCUT2D eigenvalue weighted by Crippen LogP contribution is -2.22. The van der Waals surface area contributed by atoms with Crippen molar-refractivity contribution in [2.75, 3.05) is 5.32 Å². The zero-order chi connectivity index (χ0) is 21.6. The SMILES string of the molecule is Cc1coc2c(C)c3oc(=O)c(CC(=O)Nc4ccccc4C(N)=O)c(C)c3cc12. The molecule has 0 aliphatic heterocycles. The van der Waals surface area contributed by atoms with Gasteiger partial charge in [0.05, 0.1) is 29.5 Å². The van der Waals surface area contributed by atoms with Crippen LogP contribution in [0.5, 0.6) is 0 Å². The van der Waals surface area contributed by atoms with E-state index in [9.17, 15) is 14.4 Å². The van der Waals surface area contributed by atoms with Crippen molar-refractivity contribution in [2.24, 2.45) is 5.73 Å². The Bertz CT molecular complexity index is 1390. The summed E-state index contributed by atoms with van der Waals surface area (Å²) in [6, 6.07) is 8.35. The van der Waals surface area contributed by atoms with Crippen LogP contribution in [0, 0.1) is 20.8 Å². The predicted molar refractivity (Wildman–Crippen MR) is 114 cm³/mol. The van der Waals surface area contributed by atoms with E-state index in [-0.39, 0.29) is 17.5 Å². The zero-order valence-electron chi connectivity index (χ0n) is 16.8. The van der Waals surface area contributed by atoms with Gasteiger partial charge < -0.3 is 19.9 Å². The normalized spacial score (nSPS) is 11.2. The fourth-order valence-electron chi connectivity index (χ4n) is 3.68. The van der Waals surface area contributed by atoms with Crippen LogP contribution in [0.25, 0.3) is 21.9 Å². The highest BCUT2D eigenvalue weighted by Gasteiger charge is 2.20. The number of carbonyl (C=O) groups excluding carboxylic acids is 2. The third-order valence-corrected chi connectivity index (χ3v) is 5.34. The minimum absolute atomic E-state index is 0.196. The number of carbonyl (C=O) groups is 2. The standard InChI is InChI=1S/C23H20N2O5/c1-11-10-29-20-13(3)21-16(8-15(11)20)12(2)17(23(28)30-21)9-19(26)25-18-7-5-4-6-14(18)22(24)27/h4-8,10H,9H2,1-3H3,(H2,24,27)(H,25,26). The monoisotopic (exact) mass is 404 g/mol. The number of benzene rings is 2. The summed E-state index contributed by atoms with van der Waals surface area (Å²) in [7, 11) is 0. The maximum Gasteiger partial charge on any atom is 0.340 e. The molecule has 7 heteroatoms. The van der Waals surface area contributed by atoms with Crippen LogP contribution in [-0.4, -0.2) is 11.8 Å². The predicted octanol–water partition coefficient (Wildman–Crippen LogP) is 3.74. The van der Waals surface area contributed by atoms with Crippen molar-refractivity contribution in [1.29, 1.82) is 0 Å². The van der Waals surface area contributed by atoms with E-state index < -0.39 is 17.4 Å². The molecule has 0 saturated heterocycles. The molecule has 0 atom stereocenters. The third kappa shape index (κ3) is 3.14. The van der Waals surface area contributed by atoms with Crippen LogP contribution < -0.4 is 16.7 Å². The van der Waals surface area contributed by atoms with Crippen LogP contribution in [0.4, 0.5) is 5.69 Å². The van der Waals surface area contributed by atoms with Crippen molar-refractivity contribution in [3.8, 4) is 0 Å². The Morgan fingerprint density at radius 3 is 2.50 bits per heavy atom. The average Bonchev–Trinajstić information content (AvgIpc) is 3.07. The van der Waals surface area contributed by atoms with Crippen LogP contribution in [0.15, 0.2) is 50.2 Å². The Balaban J connectivity index is 1.75. The minimum atomic E-state index is -0.651. The number of nitrogens with two attached hydrogens (primary N) is 1. The lowest BCUT2D eigenvalue weighted by molar-refractivity contribution is -0.115. The van der Waals surface area contributed by atoms with E-state index in [1.165, 1.54) is 6.07 Å². The lowest BCUT2D eigenvalue weighted by atomic mass is 9.99. The molecule has 0 spiro atoms. The fraction of sp³-hybridized carbons (Fsp3) is 0.174. The summed E-state index contributed by atoms with van der Waals surface area (Å²) in [5, 5.41) is 4.34. The number of fused-ring (bicyclic) bond motifs is 2. The summed E-state index contributed by atoms with van der Waals surface area (Å²) in [4.78, 5) is 36.8. The maximum absolute atomic E-state index is 12.7. The number of primary amides is 1. The molecule has 152 valence electrons. The molecule has 0 aliphatic carbocycles. The highest BCUT2D eigenvalue weighted by Crippen LogP contribution is 2.32. The van der Waals surface area contributed by atoms with E-state index >= 15 is 0 Å². The topological polar surface area (TPSA) is 116 Å². The Hall–Kier alpha value is -3.87. The number of furan rings is 1. The van der Waals surface area contributed by atoms with E-state index in [4.69, 9.17) is 14.6 Å². The van der Waals surface area contributed by atoms with Gasteiger partial charge in [-0.2, -0.15) is 0 Å². The summed E-state index contributed by atoms with van der Waals surface area (Å²) >= 11 is 0. The Morgan fingerprint density at radius 2 is 1.77 bits per heavy atom. The van der Waals surface area contributed by atoms with Crippen LogP contribution in [0.3, 0.4) is 0 Å². The largest absolute Gasteiger partial charge is 0.464 e. The van der Waals surface area contributed by atoms with Crippen LogP contribution in [0.1, 0.15) is 32.6 Å². The second-order valence-corrected chi connectivity index (χ2v) is 7.30.